The van der Waals surface area contributed by atoms with Gasteiger partial charge in [-0.1, -0.05) is 48.5 Å². The molecule has 1 heterocycles. The van der Waals surface area contributed by atoms with Crippen molar-refractivity contribution in [3.8, 4) is 11.8 Å². The average Bonchev–Trinajstić information content (AvgIpc) is 3.07. The van der Waals surface area contributed by atoms with Gasteiger partial charge in [0, 0.05) is 11.9 Å². The van der Waals surface area contributed by atoms with Crippen LogP contribution in [0.5, 0.6) is 0 Å². The first kappa shape index (κ1) is 15.6. The molecular formula is C20H17N3O. The van der Waals surface area contributed by atoms with E-state index < -0.39 is 0 Å². The van der Waals surface area contributed by atoms with E-state index in [4.69, 9.17) is 0 Å². The van der Waals surface area contributed by atoms with Crippen LogP contribution in [0.1, 0.15) is 34.6 Å². The van der Waals surface area contributed by atoms with E-state index in [0.717, 1.165) is 11.3 Å². The van der Waals surface area contributed by atoms with E-state index >= 15 is 0 Å². The third kappa shape index (κ3) is 3.06. The normalized spacial score (nSPS) is 11.5. The quantitative estimate of drug-likeness (QED) is 0.795. The van der Waals surface area contributed by atoms with Gasteiger partial charge >= 0.3 is 0 Å². The van der Waals surface area contributed by atoms with Crippen LogP contribution in [0.3, 0.4) is 0 Å². The number of aromatic nitrogens is 1. The Morgan fingerprint density at radius 2 is 1.67 bits per heavy atom. The molecule has 0 radical (unpaired) electrons. The summed E-state index contributed by atoms with van der Waals surface area (Å²) in [6, 6.07) is 22.9. The lowest BCUT2D eigenvalue weighted by atomic mass is 10.1. The molecule has 1 N–H and O–H groups in total. The maximum absolute atomic E-state index is 12.8. The molecule has 1 atom stereocenters. The Bertz CT molecular complexity index is 876. The lowest BCUT2D eigenvalue weighted by molar-refractivity contribution is 0.0933. The molecule has 4 nitrogen and oxygen atoms in total. The molecule has 0 saturated carbocycles. The Labute approximate surface area is 141 Å². The fourth-order valence-electron chi connectivity index (χ4n) is 2.65. The molecule has 0 spiro atoms. The third-order valence-corrected chi connectivity index (χ3v) is 3.90. The SMILES string of the molecule is C[C@@H](NC(=O)c1c(C#N)ccn1-c1ccccc1)c1ccccc1. The van der Waals surface area contributed by atoms with Crippen LogP contribution in [-0.2, 0) is 0 Å². The largest absolute Gasteiger partial charge is 0.344 e. The molecule has 0 saturated heterocycles. The second-order valence-electron chi connectivity index (χ2n) is 5.50. The Hall–Kier alpha value is -3.32. The number of nitrogens with one attached hydrogen (secondary N) is 1. The van der Waals surface area contributed by atoms with Gasteiger partial charge in [-0.15, -0.1) is 0 Å². The van der Waals surface area contributed by atoms with Gasteiger partial charge in [0.15, 0.2) is 0 Å². The highest BCUT2D eigenvalue weighted by Gasteiger charge is 2.20. The molecule has 4 heteroatoms. The number of nitrogens with zero attached hydrogens (tertiary/aromatic N) is 2. The number of carbonyl (C=O) groups is 1. The standard InChI is InChI=1S/C20H17N3O/c1-15(16-8-4-2-5-9-16)22-20(24)19-17(14-21)12-13-23(19)18-10-6-3-7-11-18/h2-13,15H,1H3,(H,22,24)/t15-/m1/s1. The highest BCUT2D eigenvalue weighted by Crippen LogP contribution is 2.19. The molecule has 1 amide bonds. The summed E-state index contributed by atoms with van der Waals surface area (Å²) in [6.07, 6.45) is 1.75. The van der Waals surface area contributed by atoms with Crippen molar-refractivity contribution in [3.05, 3.63) is 89.7 Å². The smallest absolute Gasteiger partial charge is 0.270 e. The summed E-state index contributed by atoms with van der Waals surface area (Å²) < 4.78 is 1.74. The molecule has 0 fully saturated rings. The zero-order valence-electron chi connectivity index (χ0n) is 13.3. The molecule has 2 aromatic carbocycles. The van der Waals surface area contributed by atoms with Crippen LogP contribution in [0.15, 0.2) is 72.9 Å². The first-order valence-electron chi connectivity index (χ1n) is 7.73. The molecule has 118 valence electrons. The van der Waals surface area contributed by atoms with Gasteiger partial charge in [0.25, 0.3) is 5.91 Å². The Kier molecular flexibility index (Phi) is 4.44. The maximum atomic E-state index is 12.8. The number of hydrogen-bond donors (Lipinski definition) is 1. The zero-order valence-corrected chi connectivity index (χ0v) is 13.3. The summed E-state index contributed by atoms with van der Waals surface area (Å²) in [5, 5.41) is 12.3. The number of rotatable bonds is 4. The zero-order chi connectivity index (χ0) is 16.9. The molecule has 3 rings (SSSR count). The third-order valence-electron chi connectivity index (χ3n) is 3.90. The van der Waals surface area contributed by atoms with Crippen LogP contribution in [0.25, 0.3) is 5.69 Å². The number of para-hydroxylation sites is 1. The minimum Gasteiger partial charge on any atom is -0.344 e. The number of benzene rings is 2. The van der Waals surface area contributed by atoms with E-state index in [-0.39, 0.29) is 11.9 Å². The van der Waals surface area contributed by atoms with Gasteiger partial charge in [-0.3, -0.25) is 4.79 Å². The minimum atomic E-state index is -0.267. The lowest BCUT2D eigenvalue weighted by Gasteiger charge is -2.16. The number of carbonyl (C=O) groups excluding carboxylic acids is 1. The predicted molar refractivity (Wildman–Crippen MR) is 92.8 cm³/mol. The number of nitriles is 1. The van der Waals surface area contributed by atoms with E-state index in [2.05, 4.69) is 11.4 Å². The van der Waals surface area contributed by atoms with Crippen molar-refractivity contribution >= 4 is 5.91 Å². The average molecular weight is 315 g/mol. The summed E-state index contributed by atoms with van der Waals surface area (Å²) in [5.74, 6) is -0.267. The molecule has 0 aliphatic rings. The van der Waals surface area contributed by atoms with Crippen LogP contribution in [0.4, 0.5) is 0 Å². The van der Waals surface area contributed by atoms with Crippen molar-refractivity contribution in [3.63, 3.8) is 0 Å². The van der Waals surface area contributed by atoms with Crippen molar-refractivity contribution in [1.29, 1.82) is 5.26 Å². The Morgan fingerprint density at radius 1 is 1.04 bits per heavy atom. The predicted octanol–water partition coefficient (Wildman–Crippen LogP) is 3.84. The van der Waals surface area contributed by atoms with E-state index in [1.165, 1.54) is 0 Å². The van der Waals surface area contributed by atoms with E-state index in [1.807, 2.05) is 67.6 Å². The van der Waals surface area contributed by atoms with Crippen molar-refractivity contribution < 1.29 is 4.79 Å². The van der Waals surface area contributed by atoms with Crippen molar-refractivity contribution in [2.45, 2.75) is 13.0 Å². The molecular weight excluding hydrogens is 298 g/mol. The van der Waals surface area contributed by atoms with Gasteiger partial charge in [-0.05, 0) is 30.7 Å². The molecule has 0 aliphatic heterocycles. The van der Waals surface area contributed by atoms with Gasteiger partial charge in [0.2, 0.25) is 0 Å². The first-order valence-corrected chi connectivity index (χ1v) is 7.73. The Balaban J connectivity index is 1.93. The summed E-state index contributed by atoms with van der Waals surface area (Å²) in [7, 11) is 0. The van der Waals surface area contributed by atoms with Crippen molar-refractivity contribution in [2.24, 2.45) is 0 Å². The molecule has 0 unspecified atom stereocenters. The van der Waals surface area contributed by atoms with Crippen LogP contribution >= 0.6 is 0 Å². The summed E-state index contributed by atoms with van der Waals surface area (Å²) >= 11 is 0. The van der Waals surface area contributed by atoms with Gasteiger partial charge < -0.3 is 9.88 Å². The molecule has 0 bridgehead atoms. The van der Waals surface area contributed by atoms with Gasteiger partial charge in [0.1, 0.15) is 11.8 Å². The molecule has 3 aromatic rings. The topological polar surface area (TPSA) is 57.8 Å². The lowest BCUT2D eigenvalue weighted by Crippen LogP contribution is -2.29. The molecule has 1 aromatic heterocycles. The van der Waals surface area contributed by atoms with Gasteiger partial charge in [0.05, 0.1) is 11.6 Å². The number of amides is 1. The summed E-state index contributed by atoms with van der Waals surface area (Å²) in [5.41, 5.74) is 2.57. The van der Waals surface area contributed by atoms with Crippen molar-refractivity contribution in [2.75, 3.05) is 0 Å². The highest BCUT2D eigenvalue weighted by molar-refractivity contribution is 5.96. The fourth-order valence-corrected chi connectivity index (χ4v) is 2.65. The van der Waals surface area contributed by atoms with Crippen LogP contribution < -0.4 is 5.32 Å². The Morgan fingerprint density at radius 3 is 2.29 bits per heavy atom. The van der Waals surface area contributed by atoms with Crippen LogP contribution in [0.2, 0.25) is 0 Å². The van der Waals surface area contributed by atoms with Gasteiger partial charge in [-0.25, -0.2) is 0 Å². The minimum absolute atomic E-state index is 0.149. The monoisotopic (exact) mass is 315 g/mol. The van der Waals surface area contributed by atoms with Crippen LogP contribution in [0, 0.1) is 11.3 Å². The number of hydrogen-bond acceptors (Lipinski definition) is 2. The van der Waals surface area contributed by atoms with E-state index in [1.54, 1.807) is 16.8 Å². The molecule has 0 aliphatic carbocycles. The second kappa shape index (κ2) is 6.84. The fraction of sp³-hybridized carbons (Fsp3) is 0.100. The maximum Gasteiger partial charge on any atom is 0.270 e. The van der Waals surface area contributed by atoms with Crippen LogP contribution in [-0.4, -0.2) is 10.5 Å². The van der Waals surface area contributed by atoms with Crippen molar-refractivity contribution in [1.82, 2.24) is 9.88 Å². The first-order chi connectivity index (χ1) is 11.7. The summed E-state index contributed by atoms with van der Waals surface area (Å²) in [4.78, 5) is 12.8. The molecule has 24 heavy (non-hydrogen) atoms. The summed E-state index contributed by atoms with van der Waals surface area (Å²) in [6.45, 7) is 1.93. The second-order valence-corrected chi connectivity index (χ2v) is 5.50. The van der Waals surface area contributed by atoms with Gasteiger partial charge in [-0.2, -0.15) is 5.26 Å². The van der Waals surface area contributed by atoms with E-state index in [9.17, 15) is 10.1 Å². The van der Waals surface area contributed by atoms with E-state index in [0.29, 0.717) is 11.3 Å². The highest BCUT2D eigenvalue weighted by atomic mass is 16.2.